The standard InChI is InChI=1S/C25H28FN7O2/c1-13-9-32(10-14(2)27-13)20-7-6-18(21-22(20)31-25(35-5)16(4)29-21)24(34)30-17-8-19(26)23-28-15(3)11-33(23)12-17/h6-8,11-14,27H,9-10H2,1-5H3,(H,30,34). The summed E-state index contributed by atoms with van der Waals surface area (Å²) in [5.41, 5.74) is 4.09. The number of ether oxygens (including phenoxy) is 1. The van der Waals surface area contributed by atoms with Gasteiger partial charge in [0.25, 0.3) is 5.91 Å². The van der Waals surface area contributed by atoms with Crippen molar-refractivity contribution >= 4 is 34.0 Å². The number of aryl methyl sites for hydroxylation is 2. The quantitative estimate of drug-likeness (QED) is 0.465. The Kier molecular flexibility index (Phi) is 5.76. The number of fused-ring (bicyclic) bond motifs is 2. The first kappa shape index (κ1) is 23.0. The number of nitrogens with one attached hydrogen (secondary N) is 2. The first-order valence-corrected chi connectivity index (χ1v) is 11.6. The van der Waals surface area contributed by atoms with Crippen molar-refractivity contribution in [1.29, 1.82) is 0 Å². The Morgan fingerprint density at radius 3 is 2.57 bits per heavy atom. The number of piperazine rings is 1. The van der Waals surface area contributed by atoms with Crippen molar-refractivity contribution in [3.8, 4) is 5.88 Å². The monoisotopic (exact) mass is 477 g/mol. The van der Waals surface area contributed by atoms with Gasteiger partial charge in [0, 0.05) is 43.6 Å². The number of pyridine rings is 1. The van der Waals surface area contributed by atoms with Crippen LogP contribution in [0.25, 0.3) is 16.7 Å². The van der Waals surface area contributed by atoms with E-state index in [0.717, 1.165) is 18.8 Å². The van der Waals surface area contributed by atoms with Gasteiger partial charge in [-0.25, -0.2) is 19.3 Å². The molecule has 10 heteroatoms. The minimum Gasteiger partial charge on any atom is -0.480 e. The lowest BCUT2D eigenvalue weighted by molar-refractivity contribution is 0.102. The third-order valence-corrected chi connectivity index (χ3v) is 6.15. The first-order valence-electron chi connectivity index (χ1n) is 11.6. The number of rotatable bonds is 4. The fourth-order valence-electron chi connectivity index (χ4n) is 4.79. The topological polar surface area (TPSA) is 96.7 Å². The number of aromatic nitrogens is 4. The number of hydrogen-bond donors (Lipinski definition) is 2. The van der Waals surface area contributed by atoms with Crippen LogP contribution in [0.15, 0.2) is 30.6 Å². The van der Waals surface area contributed by atoms with Gasteiger partial charge in [-0.05, 0) is 39.8 Å². The molecule has 0 radical (unpaired) electrons. The molecule has 2 atom stereocenters. The van der Waals surface area contributed by atoms with Gasteiger partial charge in [-0.1, -0.05) is 0 Å². The lowest BCUT2D eigenvalue weighted by atomic mass is 10.1. The van der Waals surface area contributed by atoms with Gasteiger partial charge in [-0.3, -0.25) is 4.79 Å². The van der Waals surface area contributed by atoms with E-state index in [-0.39, 0.29) is 5.65 Å². The molecule has 4 heterocycles. The van der Waals surface area contributed by atoms with Crippen molar-refractivity contribution in [2.45, 2.75) is 39.8 Å². The highest BCUT2D eigenvalue weighted by molar-refractivity contribution is 6.13. The summed E-state index contributed by atoms with van der Waals surface area (Å²) >= 11 is 0. The van der Waals surface area contributed by atoms with Crippen molar-refractivity contribution in [2.24, 2.45) is 0 Å². The molecule has 4 aromatic rings. The fourth-order valence-corrected chi connectivity index (χ4v) is 4.79. The first-order chi connectivity index (χ1) is 16.7. The molecule has 5 rings (SSSR count). The minimum atomic E-state index is -0.515. The zero-order valence-electron chi connectivity index (χ0n) is 20.4. The van der Waals surface area contributed by atoms with Crippen molar-refractivity contribution in [1.82, 2.24) is 24.7 Å². The molecule has 1 aromatic carbocycles. The summed E-state index contributed by atoms with van der Waals surface area (Å²) in [5.74, 6) is -0.507. The highest BCUT2D eigenvalue weighted by atomic mass is 19.1. The molecule has 0 saturated carbocycles. The van der Waals surface area contributed by atoms with Crippen LogP contribution in [-0.2, 0) is 0 Å². The number of carbonyl (C=O) groups excluding carboxylic acids is 1. The lowest BCUT2D eigenvalue weighted by Gasteiger charge is -2.38. The number of imidazole rings is 1. The summed E-state index contributed by atoms with van der Waals surface area (Å²) in [6, 6.07) is 5.51. The Labute approximate surface area is 202 Å². The van der Waals surface area contributed by atoms with Crippen LogP contribution < -0.4 is 20.3 Å². The number of nitrogens with zero attached hydrogens (tertiary/aromatic N) is 5. The third-order valence-electron chi connectivity index (χ3n) is 6.15. The van der Waals surface area contributed by atoms with Gasteiger partial charge in [-0.15, -0.1) is 0 Å². The molecule has 182 valence electrons. The summed E-state index contributed by atoms with van der Waals surface area (Å²) in [5, 5.41) is 6.33. The van der Waals surface area contributed by atoms with Gasteiger partial charge in [0.15, 0.2) is 11.5 Å². The van der Waals surface area contributed by atoms with E-state index in [1.807, 2.05) is 6.07 Å². The summed E-state index contributed by atoms with van der Waals surface area (Å²) in [7, 11) is 1.55. The predicted octanol–water partition coefficient (Wildman–Crippen LogP) is 3.48. The maximum atomic E-state index is 14.5. The van der Waals surface area contributed by atoms with Crippen LogP contribution in [0.1, 0.15) is 35.6 Å². The Morgan fingerprint density at radius 1 is 1.11 bits per heavy atom. The van der Waals surface area contributed by atoms with Crippen LogP contribution in [0.4, 0.5) is 15.8 Å². The number of hydrogen-bond acceptors (Lipinski definition) is 7. The van der Waals surface area contributed by atoms with E-state index in [0.29, 0.717) is 51.6 Å². The summed E-state index contributed by atoms with van der Waals surface area (Å²) in [6.07, 6.45) is 3.34. The van der Waals surface area contributed by atoms with Crippen LogP contribution in [-0.4, -0.2) is 57.5 Å². The van der Waals surface area contributed by atoms with E-state index in [2.05, 4.69) is 34.4 Å². The number of amides is 1. The van der Waals surface area contributed by atoms with E-state index in [9.17, 15) is 9.18 Å². The second kappa shape index (κ2) is 8.77. The minimum absolute atomic E-state index is 0.211. The molecule has 1 amide bonds. The number of benzene rings is 1. The zero-order valence-corrected chi connectivity index (χ0v) is 20.4. The molecule has 2 unspecified atom stereocenters. The summed E-state index contributed by atoms with van der Waals surface area (Å²) in [6.45, 7) is 9.45. The molecule has 3 aromatic heterocycles. The second-order valence-corrected chi connectivity index (χ2v) is 9.17. The average molecular weight is 478 g/mol. The Bertz CT molecular complexity index is 1440. The predicted molar refractivity (Wildman–Crippen MR) is 133 cm³/mol. The van der Waals surface area contributed by atoms with Gasteiger partial charge < -0.3 is 24.7 Å². The van der Waals surface area contributed by atoms with Crippen molar-refractivity contribution < 1.29 is 13.9 Å². The molecule has 1 aliphatic heterocycles. The van der Waals surface area contributed by atoms with Crippen LogP contribution >= 0.6 is 0 Å². The molecule has 1 fully saturated rings. The molecule has 9 nitrogen and oxygen atoms in total. The van der Waals surface area contributed by atoms with Gasteiger partial charge in [-0.2, -0.15) is 0 Å². The van der Waals surface area contributed by atoms with Crippen molar-refractivity contribution in [3.63, 3.8) is 0 Å². The second-order valence-electron chi connectivity index (χ2n) is 9.17. The number of anilines is 2. The summed E-state index contributed by atoms with van der Waals surface area (Å²) in [4.78, 5) is 29.2. The number of halogens is 1. The van der Waals surface area contributed by atoms with Crippen molar-refractivity contribution in [3.05, 3.63) is 53.4 Å². The molecular weight excluding hydrogens is 449 g/mol. The number of methoxy groups -OCH3 is 1. The molecular formula is C25H28FN7O2. The normalized spacial score (nSPS) is 18.3. The molecule has 0 aliphatic carbocycles. The van der Waals surface area contributed by atoms with Crippen LogP contribution in [0.2, 0.25) is 0 Å². The smallest absolute Gasteiger partial charge is 0.257 e. The molecule has 2 N–H and O–H groups in total. The fraction of sp³-hybridized carbons (Fsp3) is 0.360. The maximum absolute atomic E-state index is 14.5. The summed E-state index contributed by atoms with van der Waals surface area (Å²) < 4.78 is 21.5. The molecule has 35 heavy (non-hydrogen) atoms. The van der Waals surface area contributed by atoms with Gasteiger partial charge in [0.1, 0.15) is 16.7 Å². The zero-order chi connectivity index (χ0) is 24.9. The highest BCUT2D eigenvalue weighted by Gasteiger charge is 2.26. The molecule has 1 aliphatic rings. The van der Waals surface area contributed by atoms with E-state index in [1.54, 1.807) is 43.8 Å². The van der Waals surface area contributed by atoms with Crippen LogP contribution in [0, 0.1) is 19.7 Å². The maximum Gasteiger partial charge on any atom is 0.257 e. The third kappa shape index (κ3) is 4.25. The molecule has 0 bridgehead atoms. The molecule has 0 spiro atoms. The SMILES string of the molecule is COc1nc2c(N3CC(C)NC(C)C3)ccc(C(=O)Nc3cc(F)c4nc(C)cn4c3)c2nc1C. The van der Waals surface area contributed by atoms with Crippen molar-refractivity contribution in [2.75, 3.05) is 30.4 Å². The van der Waals surface area contributed by atoms with Gasteiger partial charge in [0.2, 0.25) is 5.88 Å². The average Bonchev–Trinajstić information content (AvgIpc) is 3.18. The Morgan fingerprint density at radius 2 is 1.86 bits per heavy atom. The highest BCUT2D eigenvalue weighted by Crippen LogP contribution is 2.31. The molecule has 1 saturated heterocycles. The number of carbonyl (C=O) groups is 1. The Hall–Kier alpha value is -3.79. The van der Waals surface area contributed by atoms with E-state index in [1.165, 1.54) is 6.07 Å². The van der Waals surface area contributed by atoms with E-state index < -0.39 is 11.7 Å². The van der Waals surface area contributed by atoms with Gasteiger partial charge >= 0.3 is 0 Å². The lowest BCUT2D eigenvalue weighted by Crippen LogP contribution is -2.54. The van der Waals surface area contributed by atoms with E-state index in [4.69, 9.17) is 14.7 Å². The largest absolute Gasteiger partial charge is 0.480 e. The van der Waals surface area contributed by atoms with Crippen LogP contribution in [0.3, 0.4) is 0 Å². The van der Waals surface area contributed by atoms with Crippen LogP contribution in [0.5, 0.6) is 5.88 Å². The van der Waals surface area contributed by atoms with E-state index >= 15 is 0 Å². The van der Waals surface area contributed by atoms with Gasteiger partial charge in [0.05, 0.1) is 29.7 Å². The Balaban J connectivity index is 1.57.